The predicted octanol–water partition coefficient (Wildman–Crippen LogP) is 3.12. The molecule has 0 N–H and O–H groups in total. The van der Waals surface area contributed by atoms with Crippen molar-refractivity contribution in [2.75, 3.05) is 6.61 Å². The number of aromatic nitrogens is 2. The molecule has 0 aliphatic rings. The second kappa shape index (κ2) is 7.31. The number of rotatable bonds is 6. The van der Waals surface area contributed by atoms with Gasteiger partial charge < -0.3 is 9.26 Å². The first kappa shape index (κ1) is 14.9. The number of hydrogen-bond donors (Lipinski definition) is 0. The third kappa shape index (κ3) is 4.54. The van der Waals surface area contributed by atoms with E-state index >= 15 is 0 Å². The van der Waals surface area contributed by atoms with Gasteiger partial charge in [-0.15, -0.1) is 11.8 Å². The van der Waals surface area contributed by atoms with E-state index < -0.39 is 0 Å². The van der Waals surface area contributed by atoms with Crippen molar-refractivity contribution in [2.45, 2.75) is 24.0 Å². The average Bonchev–Trinajstić information content (AvgIpc) is 2.84. The molecule has 0 fully saturated rings. The van der Waals surface area contributed by atoms with E-state index in [1.54, 1.807) is 18.7 Å². The highest BCUT2D eigenvalue weighted by atomic mass is 35.5. The van der Waals surface area contributed by atoms with E-state index in [0.717, 1.165) is 4.90 Å². The number of halogens is 1. The molecule has 0 bridgehead atoms. The first-order chi connectivity index (χ1) is 9.67. The number of carbonyl (C=O) groups excluding carboxylic acids is 1. The fourth-order valence-electron chi connectivity index (χ4n) is 1.46. The number of carbonyl (C=O) groups is 1. The zero-order valence-electron chi connectivity index (χ0n) is 10.8. The van der Waals surface area contributed by atoms with Crippen molar-refractivity contribution in [1.29, 1.82) is 0 Å². The lowest BCUT2D eigenvalue weighted by atomic mass is 10.4. The molecule has 2 aromatic rings. The SMILES string of the molecule is CCOC(=O)Cc1nc(CSc2cccc(Cl)c2)no1. The van der Waals surface area contributed by atoms with Crippen LogP contribution < -0.4 is 0 Å². The Morgan fingerprint density at radius 3 is 3.10 bits per heavy atom. The van der Waals surface area contributed by atoms with Crippen LogP contribution >= 0.6 is 23.4 Å². The van der Waals surface area contributed by atoms with Gasteiger partial charge in [-0.2, -0.15) is 4.98 Å². The summed E-state index contributed by atoms with van der Waals surface area (Å²) in [5.74, 6) is 0.983. The topological polar surface area (TPSA) is 65.2 Å². The van der Waals surface area contributed by atoms with Crippen LogP contribution in [0.4, 0.5) is 0 Å². The minimum atomic E-state index is -0.370. The molecule has 0 spiro atoms. The maximum atomic E-state index is 11.3. The van der Waals surface area contributed by atoms with Gasteiger partial charge in [-0.3, -0.25) is 4.79 Å². The van der Waals surface area contributed by atoms with Crippen molar-refractivity contribution >= 4 is 29.3 Å². The molecule has 7 heteroatoms. The molecule has 0 radical (unpaired) electrons. The Labute approximate surface area is 125 Å². The summed E-state index contributed by atoms with van der Waals surface area (Å²) in [5, 5.41) is 4.51. The van der Waals surface area contributed by atoms with Gasteiger partial charge in [0.2, 0.25) is 5.89 Å². The fourth-order valence-corrected chi connectivity index (χ4v) is 2.51. The molecule has 1 heterocycles. The third-order valence-corrected chi connectivity index (χ3v) is 3.50. The molecule has 106 valence electrons. The summed E-state index contributed by atoms with van der Waals surface area (Å²) in [7, 11) is 0. The van der Waals surface area contributed by atoms with E-state index in [-0.39, 0.29) is 18.3 Å². The minimum absolute atomic E-state index is 0.00265. The quantitative estimate of drug-likeness (QED) is 0.603. The zero-order valence-corrected chi connectivity index (χ0v) is 12.4. The van der Waals surface area contributed by atoms with E-state index in [1.807, 2.05) is 24.3 Å². The van der Waals surface area contributed by atoms with Gasteiger partial charge in [0.25, 0.3) is 0 Å². The third-order valence-electron chi connectivity index (χ3n) is 2.28. The normalized spacial score (nSPS) is 10.5. The van der Waals surface area contributed by atoms with E-state index in [9.17, 15) is 4.79 Å². The molecule has 1 aromatic carbocycles. The lowest BCUT2D eigenvalue weighted by Gasteiger charge is -1.98. The van der Waals surface area contributed by atoms with Crippen molar-refractivity contribution < 1.29 is 14.1 Å². The van der Waals surface area contributed by atoms with Crippen molar-refractivity contribution in [2.24, 2.45) is 0 Å². The fraction of sp³-hybridized carbons (Fsp3) is 0.308. The number of esters is 1. The molecule has 0 saturated carbocycles. The smallest absolute Gasteiger partial charge is 0.315 e. The lowest BCUT2D eigenvalue weighted by Crippen LogP contribution is -2.07. The summed E-state index contributed by atoms with van der Waals surface area (Å²) in [4.78, 5) is 16.4. The molecular formula is C13H13ClN2O3S. The Balaban J connectivity index is 1.88. The second-order valence-electron chi connectivity index (χ2n) is 3.83. The Hall–Kier alpha value is -1.53. The van der Waals surface area contributed by atoms with Crippen LogP contribution in [0.5, 0.6) is 0 Å². The molecule has 0 unspecified atom stereocenters. The molecule has 0 aliphatic heterocycles. The average molecular weight is 313 g/mol. The predicted molar refractivity (Wildman–Crippen MR) is 75.6 cm³/mol. The minimum Gasteiger partial charge on any atom is -0.466 e. The van der Waals surface area contributed by atoms with Crippen LogP contribution in [0.3, 0.4) is 0 Å². The summed E-state index contributed by atoms with van der Waals surface area (Å²) < 4.78 is 9.80. The zero-order chi connectivity index (χ0) is 14.4. The molecule has 2 rings (SSSR count). The van der Waals surface area contributed by atoms with Crippen LogP contribution in [0.15, 0.2) is 33.7 Å². The van der Waals surface area contributed by atoms with E-state index in [1.165, 1.54) is 0 Å². The summed E-state index contributed by atoms with van der Waals surface area (Å²) in [5.41, 5.74) is 0. The molecule has 20 heavy (non-hydrogen) atoms. The van der Waals surface area contributed by atoms with Gasteiger partial charge in [-0.05, 0) is 25.1 Å². The van der Waals surface area contributed by atoms with Crippen molar-refractivity contribution in [3.8, 4) is 0 Å². The summed E-state index contributed by atoms with van der Waals surface area (Å²) in [6.07, 6.45) is 0.00265. The first-order valence-corrected chi connectivity index (χ1v) is 7.39. The summed E-state index contributed by atoms with van der Waals surface area (Å²) >= 11 is 7.45. The number of hydrogen-bond acceptors (Lipinski definition) is 6. The van der Waals surface area contributed by atoms with Crippen LogP contribution in [0.1, 0.15) is 18.6 Å². The maximum absolute atomic E-state index is 11.3. The molecule has 0 aliphatic carbocycles. The second-order valence-corrected chi connectivity index (χ2v) is 5.32. The number of ether oxygens (including phenoxy) is 1. The van der Waals surface area contributed by atoms with Crippen molar-refractivity contribution in [3.63, 3.8) is 0 Å². The van der Waals surface area contributed by atoms with Gasteiger partial charge in [0, 0.05) is 9.92 Å². The highest BCUT2D eigenvalue weighted by Gasteiger charge is 2.12. The van der Waals surface area contributed by atoms with Crippen molar-refractivity contribution in [1.82, 2.24) is 10.1 Å². The Kier molecular flexibility index (Phi) is 5.43. The van der Waals surface area contributed by atoms with E-state index in [4.69, 9.17) is 20.9 Å². The molecule has 0 saturated heterocycles. The molecule has 0 atom stereocenters. The highest BCUT2D eigenvalue weighted by Crippen LogP contribution is 2.24. The van der Waals surface area contributed by atoms with Crippen LogP contribution in [0.25, 0.3) is 0 Å². The summed E-state index contributed by atoms with van der Waals surface area (Å²) in [6, 6.07) is 7.52. The van der Waals surface area contributed by atoms with Gasteiger partial charge in [0.1, 0.15) is 6.42 Å². The number of benzene rings is 1. The van der Waals surface area contributed by atoms with Crippen LogP contribution in [-0.2, 0) is 21.7 Å². The first-order valence-electron chi connectivity index (χ1n) is 6.03. The van der Waals surface area contributed by atoms with Gasteiger partial charge in [-0.25, -0.2) is 0 Å². The molecule has 1 aromatic heterocycles. The maximum Gasteiger partial charge on any atom is 0.315 e. The van der Waals surface area contributed by atoms with Crippen LogP contribution in [0, 0.1) is 0 Å². The standard InChI is InChI=1S/C13H13ClN2O3S/c1-2-18-13(17)7-12-15-11(16-19-12)8-20-10-5-3-4-9(14)6-10/h3-6H,2,7-8H2,1H3. The van der Waals surface area contributed by atoms with Gasteiger partial charge in [0.05, 0.1) is 12.4 Å². The largest absolute Gasteiger partial charge is 0.466 e. The monoisotopic (exact) mass is 312 g/mol. The molecule has 0 amide bonds. The molecule has 5 nitrogen and oxygen atoms in total. The Morgan fingerprint density at radius 2 is 2.35 bits per heavy atom. The number of thioether (sulfide) groups is 1. The Morgan fingerprint density at radius 1 is 1.50 bits per heavy atom. The highest BCUT2D eigenvalue weighted by molar-refractivity contribution is 7.98. The van der Waals surface area contributed by atoms with Gasteiger partial charge in [-0.1, -0.05) is 22.8 Å². The van der Waals surface area contributed by atoms with Gasteiger partial charge in [0.15, 0.2) is 5.82 Å². The molecular weight excluding hydrogens is 300 g/mol. The van der Waals surface area contributed by atoms with Crippen molar-refractivity contribution in [3.05, 3.63) is 41.0 Å². The number of nitrogens with zero attached hydrogens (tertiary/aromatic N) is 2. The van der Waals surface area contributed by atoms with E-state index in [2.05, 4.69) is 10.1 Å². The van der Waals surface area contributed by atoms with E-state index in [0.29, 0.717) is 23.2 Å². The Bertz CT molecular complexity index is 589. The lowest BCUT2D eigenvalue weighted by molar-refractivity contribution is -0.142. The van der Waals surface area contributed by atoms with Gasteiger partial charge >= 0.3 is 5.97 Å². The van der Waals surface area contributed by atoms with Crippen LogP contribution in [0.2, 0.25) is 5.02 Å². The van der Waals surface area contributed by atoms with Crippen LogP contribution in [-0.4, -0.2) is 22.7 Å². The summed E-state index contributed by atoms with van der Waals surface area (Å²) in [6.45, 7) is 2.09.